The second-order valence-corrected chi connectivity index (χ2v) is 19.9. The van der Waals surface area contributed by atoms with Gasteiger partial charge in [0, 0.05) is 39.5 Å². The molecular weight excluding hydrogens is 761 g/mol. The average molecular weight is 817 g/mol. The van der Waals surface area contributed by atoms with Gasteiger partial charge in [0.15, 0.2) is 0 Å². The zero-order valence-corrected chi connectivity index (χ0v) is 37.9. The molecule has 0 heterocycles. The molecule has 2 nitrogen and oxygen atoms in total. The maximum Gasteiger partial charge on any atom is 0.0468 e. The lowest BCUT2D eigenvalue weighted by Crippen LogP contribution is -2.19. The van der Waals surface area contributed by atoms with Crippen LogP contribution in [0.25, 0.3) is 43.8 Å². The Balaban J connectivity index is 1.21. The van der Waals surface area contributed by atoms with E-state index in [2.05, 4.69) is 259 Å². The van der Waals surface area contributed by atoms with Gasteiger partial charge < -0.3 is 9.80 Å². The summed E-state index contributed by atoms with van der Waals surface area (Å²) in [5.41, 5.74) is 17.0. The number of hydrogen-bond donors (Lipinski definition) is 0. The molecule has 9 aromatic carbocycles. The Labute approximate surface area is 374 Å². The molecule has 0 amide bonds. The molecule has 9 aromatic rings. The normalized spacial score (nSPS) is 13.2. The van der Waals surface area contributed by atoms with Gasteiger partial charge in [-0.25, -0.2) is 0 Å². The minimum atomic E-state index is -0.156. The van der Waals surface area contributed by atoms with Gasteiger partial charge in [0.2, 0.25) is 0 Å². The largest absolute Gasteiger partial charge is 0.310 e. The van der Waals surface area contributed by atoms with E-state index in [1.165, 1.54) is 66.1 Å². The monoisotopic (exact) mass is 816 g/mol. The van der Waals surface area contributed by atoms with E-state index >= 15 is 0 Å². The lowest BCUT2D eigenvalue weighted by Gasteiger charge is -2.33. The highest BCUT2D eigenvalue weighted by molar-refractivity contribution is 6.10. The summed E-state index contributed by atoms with van der Waals surface area (Å²) < 4.78 is 0. The van der Waals surface area contributed by atoms with Crippen LogP contribution in [-0.4, -0.2) is 0 Å². The summed E-state index contributed by atoms with van der Waals surface area (Å²) >= 11 is 0. The molecule has 63 heavy (non-hydrogen) atoms. The van der Waals surface area contributed by atoms with Crippen LogP contribution in [0.4, 0.5) is 34.1 Å². The Morgan fingerprint density at radius 1 is 0.317 bits per heavy atom. The molecule has 0 saturated carbocycles. The van der Waals surface area contributed by atoms with Crippen molar-refractivity contribution in [3.8, 4) is 22.3 Å². The van der Waals surface area contributed by atoms with Crippen LogP contribution >= 0.6 is 0 Å². The summed E-state index contributed by atoms with van der Waals surface area (Å²) in [7, 11) is 0. The predicted octanol–water partition coefficient (Wildman–Crippen LogP) is 17.5. The Morgan fingerprint density at radius 3 is 1.22 bits per heavy atom. The summed E-state index contributed by atoms with van der Waals surface area (Å²) in [6.07, 6.45) is 0. The van der Waals surface area contributed by atoms with Crippen molar-refractivity contribution in [3.63, 3.8) is 0 Å². The van der Waals surface area contributed by atoms with E-state index in [-0.39, 0.29) is 16.2 Å². The van der Waals surface area contributed by atoms with E-state index in [0.717, 1.165) is 34.1 Å². The fraction of sp³-hybridized carbons (Fsp3) is 0.180. The van der Waals surface area contributed by atoms with E-state index in [0.29, 0.717) is 0 Å². The number of fused-ring (bicyclic) bond motifs is 5. The number of rotatable bonds is 7. The Morgan fingerprint density at radius 2 is 0.698 bits per heavy atom. The van der Waals surface area contributed by atoms with Crippen molar-refractivity contribution in [2.75, 3.05) is 9.80 Å². The molecule has 1 aliphatic carbocycles. The van der Waals surface area contributed by atoms with Gasteiger partial charge >= 0.3 is 0 Å². The first-order chi connectivity index (χ1) is 30.3. The van der Waals surface area contributed by atoms with E-state index < -0.39 is 0 Å². The number of anilines is 6. The smallest absolute Gasteiger partial charge is 0.0468 e. The molecule has 0 atom stereocenters. The topological polar surface area (TPSA) is 6.48 Å². The second-order valence-electron chi connectivity index (χ2n) is 19.9. The van der Waals surface area contributed by atoms with Crippen LogP contribution in [0.15, 0.2) is 194 Å². The average Bonchev–Trinajstić information content (AvgIpc) is 3.51. The van der Waals surface area contributed by atoms with Crippen LogP contribution in [0.1, 0.15) is 77.6 Å². The third kappa shape index (κ3) is 6.99. The third-order valence-electron chi connectivity index (χ3n) is 13.2. The molecule has 0 aliphatic heterocycles. The standard InChI is InChI=1S/C61H56N2/c1-59(2,3)57-52-37-34-47(39-54(52)58(60(4,5)6)51-36-33-46(38-53(51)57)62(43-22-14-10-15-23-43)44-24-16-11-17-25-44)63(45-30-28-42(29-31-45)41-20-12-9-13-21-41)48-32-35-50-49-26-18-19-27-55(49)61(7,8)56(50)40-48/h9-40H,1-8H3. The first-order valence-corrected chi connectivity index (χ1v) is 22.4. The molecule has 310 valence electrons. The lowest BCUT2D eigenvalue weighted by atomic mass is 9.74. The van der Waals surface area contributed by atoms with Gasteiger partial charge in [-0.1, -0.05) is 177 Å². The van der Waals surface area contributed by atoms with E-state index in [1.54, 1.807) is 0 Å². The molecule has 0 radical (unpaired) electrons. The van der Waals surface area contributed by atoms with Crippen LogP contribution in [0, 0.1) is 0 Å². The zero-order chi connectivity index (χ0) is 43.7. The quantitative estimate of drug-likeness (QED) is 0.148. The maximum atomic E-state index is 2.48. The van der Waals surface area contributed by atoms with Crippen LogP contribution < -0.4 is 9.80 Å². The van der Waals surface area contributed by atoms with Crippen LogP contribution in [0.3, 0.4) is 0 Å². The predicted molar refractivity (Wildman–Crippen MR) is 271 cm³/mol. The van der Waals surface area contributed by atoms with Gasteiger partial charge in [-0.2, -0.15) is 0 Å². The zero-order valence-electron chi connectivity index (χ0n) is 37.9. The van der Waals surface area contributed by atoms with Crippen LogP contribution in [0.2, 0.25) is 0 Å². The summed E-state index contributed by atoms with van der Waals surface area (Å²) in [5, 5.41) is 5.21. The SMILES string of the molecule is CC(C)(C)c1c2ccc(N(c3ccc(-c4ccccc4)cc3)c3ccc4c(c3)C(C)(C)c3ccccc3-4)cc2c(C(C)(C)C)c2ccc(N(c3ccccc3)c3ccccc3)cc12. The minimum Gasteiger partial charge on any atom is -0.310 e. The third-order valence-corrected chi connectivity index (χ3v) is 13.2. The van der Waals surface area contributed by atoms with Crippen molar-refractivity contribution in [2.24, 2.45) is 0 Å². The van der Waals surface area contributed by atoms with Crippen molar-refractivity contribution in [3.05, 3.63) is 216 Å². The molecule has 2 heteroatoms. The molecule has 0 fully saturated rings. The van der Waals surface area contributed by atoms with Crippen molar-refractivity contribution in [1.29, 1.82) is 0 Å². The molecule has 0 spiro atoms. The number of nitrogens with zero attached hydrogens (tertiary/aromatic N) is 2. The van der Waals surface area contributed by atoms with Crippen molar-refractivity contribution < 1.29 is 0 Å². The summed E-state index contributed by atoms with van der Waals surface area (Å²) in [6.45, 7) is 19.0. The molecule has 0 unspecified atom stereocenters. The number of benzene rings is 9. The first kappa shape index (κ1) is 40.2. The van der Waals surface area contributed by atoms with Crippen LogP contribution in [0.5, 0.6) is 0 Å². The molecule has 0 saturated heterocycles. The Hall–Kier alpha value is -6.90. The Kier molecular flexibility index (Phi) is 9.68. The summed E-state index contributed by atoms with van der Waals surface area (Å²) in [5.74, 6) is 0. The fourth-order valence-electron chi connectivity index (χ4n) is 10.4. The first-order valence-electron chi connectivity index (χ1n) is 22.4. The number of para-hydroxylation sites is 2. The second kappa shape index (κ2) is 15.2. The molecule has 10 rings (SSSR count). The van der Waals surface area contributed by atoms with Gasteiger partial charge in [-0.15, -0.1) is 0 Å². The molecule has 0 N–H and O–H groups in total. The van der Waals surface area contributed by atoms with Gasteiger partial charge in [-0.05, 0) is 150 Å². The van der Waals surface area contributed by atoms with Crippen molar-refractivity contribution in [1.82, 2.24) is 0 Å². The molecule has 1 aliphatic rings. The van der Waals surface area contributed by atoms with Gasteiger partial charge in [0.05, 0.1) is 0 Å². The summed E-state index contributed by atoms with van der Waals surface area (Å²) in [6, 6.07) is 71.7. The highest BCUT2D eigenvalue weighted by Gasteiger charge is 2.36. The van der Waals surface area contributed by atoms with Crippen molar-refractivity contribution in [2.45, 2.75) is 71.6 Å². The van der Waals surface area contributed by atoms with Gasteiger partial charge in [0.1, 0.15) is 0 Å². The summed E-state index contributed by atoms with van der Waals surface area (Å²) in [4.78, 5) is 4.86. The van der Waals surface area contributed by atoms with Gasteiger partial charge in [0.25, 0.3) is 0 Å². The van der Waals surface area contributed by atoms with Crippen LogP contribution in [-0.2, 0) is 16.2 Å². The van der Waals surface area contributed by atoms with Crippen molar-refractivity contribution >= 4 is 55.7 Å². The highest BCUT2D eigenvalue weighted by atomic mass is 15.1. The lowest BCUT2D eigenvalue weighted by molar-refractivity contribution is 0.593. The fourth-order valence-corrected chi connectivity index (χ4v) is 10.4. The maximum absolute atomic E-state index is 2.48. The number of hydrogen-bond acceptors (Lipinski definition) is 2. The highest BCUT2D eigenvalue weighted by Crippen LogP contribution is 2.52. The molecule has 0 bridgehead atoms. The minimum absolute atomic E-state index is 0.121. The van der Waals surface area contributed by atoms with E-state index in [1.807, 2.05) is 0 Å². The van der Waals surface area contributed by atoms with Gasteiger partial charge in [-0.3, -0.25) is 0 Å². The Bertz CT molecular complexity index is 3090. The van der Waals surface area contributed by atoms with E-state index in [9.17, 15) is 0 Å². The van der Waals surface area contributed by atoms with E-state index in [4.69, 9.17) is 0 Å². The molecule has 0 aromatic heterocycles. The molecular formula is C61H56N2.